The molecule has 1 amide bonds. The van der Waals surface area contributed by atoms with Crippen molar-refractivity contribution in [3.8, 4) is 0 Å². The molecule has 154 valence electrons. The molecule has 3 fully saturated rings. The Hall–Kier alpha value is -1.77. The van der Waals surface area contributed by atoms with Crippen molar-refractivity contribution in [2.45, 2.75) is 43.5 Å². The summed E-state index contributed by atoms with van der Waals surface area (Å²) in [6.07, 6.45) is 1.77. The zero-order valence-electron chi connectivity index (χ0n) is 15.9. The van der Waals surface area contributed by atoms with Crippen LogP contribution >= 0.6 is 0 Å². The van der Waals surface area contributed by atoms with Crippen molar-refractivity contribution < 1.29 is 23.0 Å². The number of methoxy groups -OCH3 is 1. The first-order chi connectivity index (χ1) is 13.4. The number of amides is 1. The summed E-state index contributed by atoms with van der Waals surface area (Å²) in [7, 11) is 1.41. The summed E-state index contributed by atoms with van der Waals surface area (Å²) in [5.41, 5.74) is 6.43. The van der Waals surface area contributed by atoms with Crippen LogP contribution in [0.2, 0.25) is 0 Å². The number of fused-ring (bicyclic) bond motifs is 1. The third kappa shape index (κ3) is 3.86. The summed E-state index contributed by atoms with van der Waals surface area (Å²) in [6.45, 7) is 1.91. The van der Waals surface area contributed by atoms with Crippen molar-refractivity contribution in [2.24, 2.45) is 17.6 Å². The molecule has 6 nitrogen and oxygen atoms in total. The van der Waals surface area contributed by atoms with Crippen molar-refractivity contribution in [3.63, 3.8) is 0 Å². The molecule has 2 unspecified atom stereocenters. The van der Waals surface area contributed by atoms with Gasteiger partial charge in [-0.15, -0.1) is 0 Å². The largest absolute Gasteiger partial charge is 0.453 e. The third-order valence-corrected chi connectivity index (χ3v) is 6.34. The number of nitrogens with one attached hydrogen (secondary N) is 1. The fourth-order valence-electron chi connectivity index (χ4n) is 5.08. The maximum absolute atomic E-state index is 14.0. The molecule has 1 aliphatic carbocycles. The van der Waals surface area contributed by atoms with E-state index < -0.39 is 23.8 Å². The van der Waals surface area contributed by atoms with E-state index in [9.17, 15) is 13.6 Å². The second kappa shape index (κ2) is 7.93. The predicted octanol–water partition coefficient (Wildman–Crippen LogP) is 2.19. The first kappa shape index (κ1) is 19.5. The van der Waals surface area contributed by atoms with E-state index in [4.69, 9.17) is 15.2 Å². The van der Waals surface area contributed by atoms with Gasteiger partial charge in [0.25, 0.3) is 0 Å². The fraction of sp³-hybridized carbons (Fsp3) is 0.650. The molecule has 1 aromatic carbocycles. The molecule has 2 saturated heterocycles. The van der Waals surface area contributed by atoms with Gasteiger partial charge in [0.2, 0.25) is 0 Å². The molecule has 4 rings (SSSR count). The van der Waals surface area contributed by atoms with E-state index in [0.717, 1.165) is 38.1 Å². The van der Waals surface area contributed by atoms with Gasteiger partial charge in [-0.05, 0) is 49.3 Å². The molecule has 3 N–H and O–H groups in total. The number of hydrogen-bond donors (Lipinski definition) is 2. The van der Waals surface area contributed by atoms with Gasteiger partial charge < -0.3 is 25.4 Å². The van der Waals surface area contributed by atoms with E-state index in [2.05, 4.69) is 5.32 Å². The number of likely N-dealkylation sites (tertiary alicyclic amines) is 1. The van der Waals surface area contributed by atoms with E-state index in [1.54, 1.807) is 4.90 Å². The van der Waals surface area contributed by atoms with Crippen LogP contribution in [0.3, 0.4) is 0 Å². The molecule has 2 aliphatic heterocycles. The van der Waals surface area contributed by atoms with Crippen molar-refractivity contribution in [1.82, 2.24) is 10.2 Å². The monoisotopic (exact) mass is 395 g/mol. The molecule has 1 saturated carbocycles. The third-order valence-electron chi connectivity index (χ3n) is 6.34. The lowest BCUT2D eigenvalue weighted by atomic mass is 9.93. The highest BCUT2D eigenvalue weighted by atomic mass is 19.1. The van der Waals surface area contributed by atoms with Crippen LogP contribution in [-0.2, 0) is 9.47 Å². The van der Waals surface area contributed by atoms with Gasteiger partial charge in [-0.2, -0.15) is 0 Å². The number of ether oxygens (including phenoxy) is 2. The Morgan fingerprint density at radius 1 is 1.21 bits per heavy atom. The van der Waals surface area contributed by atoms with E-state index in [-0.39, 0.29) is 17.7 Å². The molecule has 5 atom stereocenters. The van der Waals surface area contributed by atoms with E-state index in [1.165, 1.54) is 13.2 Å². The minimum absolute atomic E-state index is 0.0865. The van der Waals surface area contributed by atoms with Crippen LogP contribution in [0.25, 0.3) is 0 Å². The average Bonchev–Trinajstić information content (AvgIpc) is 3.22. The number of carbonyl (C=O) groups excluding carboxylic acids is 1. The van der Waals surface area contributed by atoms with Crippen LogP contribution in [0.1, 0.15) is 30.9 Å². The lowest BCUT2D eigenvalue weighted by molar-refractivity contribution is -0.0224. The molecule has 0 spiro atoms. The highest BCUT2D eigenvalue weighted by Crippen LogP contribution is 2.39. The van der Waals surface area contributed by atoms with Crippen LogP contribution in [-0.4, -0.2) is 55.9 Å². The minimum Gasteiger partial charge on any atom is -0.453 e. The van der Waals surface area contributed by atoms with Crippen LogP contribution in [0.5, 0.6) is 0 Å². The Bertz CT molecular complexity index is 721. The quantitative estimate of drug-likeness (QED) is 0.821. The van der Waals surface area contributed by atoms with E-state index in [0.29, 0.717) is 30.9 Å². The fourth-order valence-corrected chi connectivity index (χ4v) is 5.08. The second-order valence-corrected chi connectivity index (χ2v) is 8.25. The number of carbonyl (C=O) groups is 1. The Morgan fingerprint density at radius 2 is 1.93 bits per heavy atom. The maximum Gasteiger partial charge on any atom is 0.409 e. The number of rotatable bonds is 3. The summed E-state index contributed by atoms with van der Waals surface area (Å²) in [6, 6.07) is 3.41. The van der Waals surface area contributed by atoms with Crippen LogP contribution in [0.4, 0.5) is 13.6 Å². The maximum atomic E-state index is 14.0. The highest BCUT2D eigenvalue weighted by Gasteiger charge is 2.43. The standard InChI is InChI=1S/C20H27F2N3O3/c1-27-20(26)25-8-11-4-14(5-12(11)9-25)24-15-7-18(23)19(28-10-15)16-6-13(21)2-3-17(16)22/h2-3,6,11-12,14-15,18-19,24H,4-5,7-10,23H2,1H3/t11?,12?,14?,15-,18+,19-/m1/s1. The van der Waals surface area contributed by atoms with Gasteiger partial charge in [-0.25, -0.2) is 13.6 Å². The molecule has 3 aliphatic rings. The summed E-state index contributed by atoms with van der Waals surface area (Å²) >= 11 is 0. The van der Waals surface area contributed by atoms with Gasteiger partial charge in [0, 0.05) is 36.8 Å². The number of hydrogen-bond acceptors (Lipinski definition) is 5. The van der Waals surface area contributed by atoms with Crippen LogP contribution in [0, 0.1) is 23.5 Å². The summed E-state index contributed by atoms with van der Waals surface area (Å²) in [5.74, 6) is -0.00850. The highest BCUT2D eigenvalue weighted by molar-refractivity contribution is 5.67. The molecule has 0 radical (unpaired) electrons. The van der Waals surface area contributed by atoms with Gasteiger partial charge in [0.05, 0.1) is 13.7 Å². The van der Waals surface area contributed by atoms with Crippen LogP contribution in [0.15, 0.2) is 18.2 Å². The number of nitrogens with zero attached hydrogens (tertiary/aromatic N) is 1. The Morgan fingerprint density at radius 3 is 2.57 bits per heavy atom. The number of nitrogens with two attached hydrogens (primary N) is 1. The van der Waals surface area contributed by atoms with Crippen LogP contribution < -0.4 is 11.1 Å². The van der Waals surface area contributed by atoms with E-state index >= 15 is 0 Å². The first-order valence-corrected chi connectivity index (χ1v) is 9.85. The Labute approximate surface area is 163 Å². The van der Waals surface area contributed by atoms with Gasteiger partial charge >= 0.3 is 6.09 Å². The summed E-state index contributed by atoms with van der Waals surface area (Å²) in [4.78, 5) is 13.5. The molecule has 8 heteroatoms. The summed E-state index contributed by atoms with van der Waals surface area (Å²) < 4.78 is 38.2. The molecule has 1 aromatic rings. The average molecular weight is 395 g/mol. The van der Waals surface area contributed by atoms with Crippen molar-refractivity contribution >= 4 is 6.09 Å². The van der Waals surface area contributed by atoms with Crippen molar-refractivity contribution in [2.75, 3.05) is 26.8 Å². The number of halogens is 2. The first-order valence-electron chi connectivity index (χ1n) is 9.85. The van der Waals surface area contributed by atoms with Gasteiger partial charge in [0.1, 0.15) is 17.7 Å². The van der Waals surface area contributed by atoms with E-state index in [1.807, 2.05) is 0 Å². The molecular formula is C20H27F2N3O3. The van der Waals surface area contributed by atoms with Gasteiger partial charge in [0.15, 0.2) is 0 Å². The van der Waals surface area contributed by atoms with Gasteiger partial charge in [-0.3, -0.25) is 0 Å². The Kier molecular flexibility index (Phi) is 5.53. The van der Waals surface area contributed by atoms with Crippen molar-refractivity contribution in [3.05, 3.63) is 35.4 Å². The predicted molar refractivity (Wildman–Crippen MR) is 98.5 cm³/mol. The smallest absolute Gasteiger partial charge is 0.409 e. The molecule has 0 bridgehead atoms. The van der Waals surface area contributed by atoms with Gasteiger partial charge in [-0.1, -0.05) is 0 Å². The lowest BCUT2D eigenvalue weighted by Crippen LogP contribution is -2.50. The Balaban J connectivity index is 1.29. The van der Waals surface area contributed by atoms with Crippen molar-refractivity contribution in [1.29, 1.82) is 0 Å². The molecule has 0 aromatic heterocycles. The summed E-state index contributed by atoms with van der Waals surface area (Å²) in [5, 5.41) is 3.63. The zero-order chi connectivity index (χ0) is 19.8. The molecular weight excluding hydrogens is 368 g/mol. The molecule has 28 heavy (non-hydrogen) atoms. The molecule has 2 heterocycles. The zero-order valence-corrected chi connectivity index (χ0v) is 15.9. The topological polar surface area (TPSA) is 76.8 Å². The SMILES string of the molecule is COC(=O)N1CC2CC(N[C@H]3CO[C@H](c4cc(F)ccc4F)[C@@H](N)C3)CC2C1. The minimum atomic E-state index is -0.634. The second-order valence-electron chi connectivity index (χ2n) is 8.25. The lowest BCUT2D eigenvalue weighted by Gasteiger charge is -2.36. The normalized spacial score (nSPS) is 35.1. The number of benzene rings is 1.